The van der Waals surface area contributed by atoms with Gasteiger partial charge < -0.3 is 19.9 Å². The summed E-state index contributed by atoms with van der Waals surface area (Å²) < 4.78 is 11.9. The lowest BCUT2D eigenvalue weighted by Crippen LogP contribution is -2.29. The molecule has 9 heteroatoms. The van der Waals surface area contributed by atoms with E-state index >= 15 is 0 Å². The Labute approximate surface area is 204 Å². The third kappa shape index (κ3) is 5.63. The van der Waals surface area contributed by atoms with Crippen LogP contribution in [0.25, 0.3) is 11.4 Å². The van der Waals surface area contributed by atoms with Crippen molar-refractivity contribution >= 4 is 5.91 Å². The topological polar surface area (TPSA) is 106 Å². The summed E-state index contributed by atoms with van der Waals surface area (Å²) in [5.41, 5.74) is 1.43. The molecule has 0 unspecified atom stereocenters. The Hall–Kier alpha value is -3.85. The molecule has 0 aliphatic carbocycles. The summed E-state index contributed by atoms with van der Waals surface area (Å²) in [7, 11) is 4.55. The van der Waals surface area contributed by atoms with E-state index in [4.69, 9.17) is 9.47 Å². The van der Waals surface area contributed by atoms with Crippen LogP contribution in [-0.2, 0) is 20.1 Å². The van der Waals surface area contributed by atoms with Crippen LogP contribution in [0.2, 0.25) is 0 Å². The van der Waals surface area contributed by atoms with Gasteiger partial charge in [0.15, 0.2) is 17.2 Å². The van der Waals surface area contributed by atoms with E-state index in [1.54, 1.807) is 18.2 Å². The molecule has 3 aromatic rings. The van der Waals surface area contributed by atoms with Gasteiger partial charge >= 0.3 is 0 Å². The van der Waals surface area contributed by atoms with Gasteiger partial charge in [-0.15, -0.1) is 0 Å². The lowest BCUT2D eigenvalue weighted by Gasteiger charge is -2.18. The Balaban J connectivity index is 1.88. The molecule has 1 aromatic heterocycles. The van der Waals surface area contributed by atoms with Gasteiger partial charge in [0.1, 0.15) is 5.82 Å². The highest BCUT2D eigenvalue weighted by Gasteiger charge is 2.21. The normalized spacial score (nSPS) is 10.9. The maximum absolute atomic E-state index is 12.9. The number of nitrogens with zero attached hydrogens (tertiary/aromatic N) is 3. The number of aromatic hydroxyl groups is 1. The van der Waals surface area contributed by atoms with Gasteiger partial charge in [-0.25, -0.2) is 4.98 Å². The van der Waals surface area contributed by atoms with E-state index in [0.717, 1.165) is 25.2 Å². The highest BCUT2D eigenvalue weighted by Crippen LogP contribution is 2.30. The van der Waals surface area contributed by atoms with Crippen LogP contribution in [0, 0.1) is 0 Å². The van der Waals surface area contributed by atoms with Gasteiger partial charge in [0.05, 0.1) is 14.2 Å². The van der Waals surface area contributed by atoms with Crippen LogP contribution < -0.4 is 20.3 Å². The van der Waals surface area contributed by atoms with Crippen molar-refractivity contribution in [1.29, 1.82) is 0 Å². The number of ether oxygens (including phenoxy) is 2. The molecule has 0 bridgehead atoms. The van der Waals surface area contributed by atoms with E-state index in [0.29, 0.717) is 22.6 Å². The van der Waals surface area contributed by atoms with Crippen molar-refractivity contribution in [3.63, 3.8) is 0 Å². The summed E-state index contributed by atoms with van der Waals surface area (Å²) in [4.78, 5) is 32.3. The zero-order valence-electron chi connectivity index (χ0n) is 20.8. The molecule has 3 rings (SSSR count). The van der Waals surface area contributed by atoms with Crippen LogP contribution >= 0.6 is 0 Å². The summed E-state index contributed by atoms with van der Waals surface area (Å²) in [5, 5.41) is 13.1. The zero-order valence-corrected chi connectivity index (χ0v) is 20.8. The van der Waals surface area contributed by atoms with Gasteiger partial charge in [-0.2, -0.15) is 0 Å². The molecule has 1 amide bonds. The quantitative estimate of drug-likeness (QED) is 0.460. The molecule has 9 nitrogen and oxygen atoms in total. The third-order valence-corrected chi connectivity index (χ3v) is 5.92. The summed E-state index contributed by atoms with van der Waals surface area (Å²) in [6.07, 6.45) is 0. The number of amides is 1. The maximum atomic E-state index is 12.9. The SMILES string of the molecule is CCN(CC)Cc1ccc(-c2nc(C(=O)NCc3cccc(OC)c3OC)c(O)c(=O)n2C)cc1. The molecule has 1 heterocycles. The predicted molar refractivity (Wildman–Crippen MR) is 134 cm³/mol. The maximum Gasteiger partial charge on any atom is 0.296 e. The molecular formula is C26H32N4O5. The van der Waals surface area contributed by atoms with Crippen LogP contribution in [0.4, 0.5) is 0 Å². The Bertz CT molecular complexity index is 1230. The van der Waals surface area contributed by atoms with Crippen molar-refractivity contribution in [1.82, 2.24) is 19.8 Å². The van der Waals surface area contributed by atoms with Crippen LogP contribution in [-0.4, -0.2) is 52.8 Å². The lowest BCUT2D eigenvalue weighted by atomic mass is 10.1. The summed E-state index contributed by atoms with van der Waals surface area (Å²) in [6, 6.07) is 13.0. The molecule has 0 aliphatic heterocycles. The number of benzene rings is 2. The fourth-order valence-electron chi connectivity index (χ4n) is 3.82. The lowest BCUT2D eigenvalue weighted by molar-refractivity contribution is 0.0942. The summed E-state index contributed by atoms with van der Waals surface area (Å²) >= 11 is 0. The molecule has 2 aromatic carbocycles. The molecule has 0 saturated heterocycles. The van der Waals surface area contributed by atoms with Crippen LogP contribution in [0.3, 0.4) is 0 Å². The summed E-state index contributed by atoms with van der Waals surface area (Å²) in [6.45, 7) is 7.04. The van der Waals surface area contributed by atoms with E-state index in [1.165, 1.54) is 25.8 Å². The second-order valence-corrected chi connectivity index (χ2v) is 7.99. The van der Waals surface area contributed by atoms with Gasteiger partial charge in [-0.1, -0.05) is 50.2 Å². The second-order valence-electron chi connectivity index (χ2n) is 7.99. The standard InChI is InChI=1S/C26H32N4O5/c1-6-30(7-2)16-17-11-13-18(14-12-17)24-28-21(22(31)26(33)29(24)3)25(32)27-15-19-9-8-10-20(34-4)23(19)35-5/h8-14,31H,6-7,15-16H2,1-5H3,(H,27,32). The Morgan fingerprint density at radius 3 is 2.37 bits per heavy atom. The first-order valence-electron chi connectivity index (χ1n) is 11.4. The van der Waals surface area contributed by atoms with E-state index in [9.17, 15) is 14.7 Å². The van der Waals surface area contributed by atoms with Crippen molar-refractivity contribution in [2.24, 2.45) is 7.05 Å². The number of carbonyl (C=O) groups excluding carboxylic acids is 1. The smallest absolute Gasteiger partial charge is 0.296 e. The molecule has 0 aliphatic rings. The number of hydrogen-bond donors (Lipinski definition) is 2. The van der Waals surface area contributed by atoms with Gasteiger partial charge in [-0.3, -0.25) is 19.1 Å². The van der Waals surface area contributed by atoms with E-state index in [-0.39, 0.29) is 18.1 Å². The minimum atomic E-state index is -0.704. The van der Waals surface area contributed by atoms with Gasteiger partial charge in [-0.05, 0) is 24.7 Å². The summed E-state index contributed by atoms with van der Waals surface area (Å²) in [5.74, 6) is -0.0808. The van der Waals surface area contributed by atoms with E-state index in [1.807, 2.05) is 24.3 Å². The number of aromatic nitrogens is 2. The van der Waals surface area contributed by atoms with E-state index < -0.39 is 17.2 Å². The molecule has 186 valence electrons. The number of carbonyl (C=O) groups is 1. The van der Waals surface area contributed by atoms with Gasteiger partial charge in [0, 0.05) is 31.3 Å². The Morgan fingerprint density at radius 1 is 1.09 bits per heavy atom. The molecule has 0 spiro atoms. The first-order valence-corrected chi connectivity index (χ1v) is 11.4. The highest BCUT2D eigenvalue weighted by molar-refractivity contribution is 5.95. The first kappa shape index (κ1) is 25.8. The van der Waals surface area contributed by atoms with Crippen LogP contribution in [0.1, 0.15) is 35.5 Å². The number of para-hydroxylation sites is 1. The van der Waals surface area contributed by atoms with Gasteiger partial charge in [0.2, 0.25) is 5.75 Å². The fraction of sp³-hybridized carbons (Fsp3) is 0.346. The number of methoxy groups -OCH3 is 2. The second kappa shape index (κ2) is 11.5. The van der Waals surface area contributed by atoms with Crippen molar-refractivity contribution in [3.05, 3.63) is 69.6 Å². The fourth-order valence-corrected chi connectivity index (χ4v) is 3.82. The van der Waals surface area contributed by atoms with Crippen LogP contribution in [0.15, 0.2) is 47.3 Å². The number of nitrogens with one attached hydrogen (secondary N) is 1. The zero-order chi connectivity index (χ0) is 25.5. The predicted octanol–water partition coefficient (Wildman–Crippen LogP) is 2.94. The highest BCUT2D eigenvalue weighted by atomic mass is 16.5. The largest absolute Gasteiger partial charge is 0.501 e. The van der Waals surface area contributed by atoms with Crippen molar-refractivity contribution in [2.45, 2.75) is 26.9 Å². The Morgan fingerprint density at radius 2 is 1.77 bits per heavy atom. The van der Waals surface area contributed by atoms with Crippen LogP contribution in [0.5, 0.6) is 17.2 Å². The Kier molecular flexibility index (Phi) is 8.48. The minimum Gasteiger partial charge on any atom is -0.501 e. The number of rotatable bonds is 10. The average molecular weight is 481 g/mol. The van der Waals surface area contributed by atoms with Crippen molar-refractivity contribution in [2.75, 3.05) is 27.3 Å². The van der Waals surface area contributed by atoms with E-state index in [2.05, 4.69) is 29.0 Å². The van der Waals surface area contributed by atoms with Gasteiger partial charge in [0.25, 0.3) is 11.5 Å². The number of hydrogen-bond acceptors (Lipinski definition) is 7. The average Bonchev–Trinajstić information content (AvgIpc) is 2.89. The monoisotopic (exact) mass is 480 g/mol. The molecule has 0 saturated carbocycles. The molecule has 2 N–H and O–H groups in total. The van der Waals surface area contributed by atoms with Crippen molar-refractivity contribution in [3.8, 4) is 28.6 Å². The minimum absolute atomic E-state index is 0.0882. The molecule has 35 heavy (non-hydrogen) atoms. The molecular weight excluding hydrogens is 448 g/mol. The third-order valence-electron chi connectivity index (χ3n) is 5.92. The molecule has 0 fully saturated rings. The molecule has 0 atom stereocenters. The van der Waals surface area contributed by atoms with Crippen molar-refractivity contribution < 1.29 is 19.4 Å². The first-order chi connectivity index (χ1) is 16.8. The molecule has 0 radical (unpaired) electrons.